The highest BCUT2D eigenvalue weighted by Crippen LogP contribution is 2.45. The van der Waals surface area contributed by atoms with Gasteiger partial charge >= 0.3 is 0 Å². The molecule has 2 rings (SSSR count). The van der Waals surface area contributed by atoms with Crippen molar-refractivity contribution in [2.24, 2.45) is 11.3 Å². The standard InChI is InChI=1S/C8H13NO/c1-6-5-9-4-3-8(6,2)7(9)10/h6H,3-5H2,1-2H3. The third-order valence-electron chi connectivity index (χ3n) is 3.26. The largest absolute Gasteiger partial charge is 0.342 e. The predicted octanol–water partition coefficient (Wildman–Crippen LogP) is 0.875. The molecule has 0 aliphatic carbocycles. The van der Waals surface area contributed by atoms with Crippen molar-refractivity contribution in [3.05, 3.63) is 0 Å². The van der Waals surface area contributed by atoms with Crippen LogP contribution in [0.2, 0.25) is 0 Å². The normalized spacial score (nSPS) is 45.2. The minimum atomic E-state index is 0.0139. The number of hydrogen-bond acceptors (Lipinski definition) is 1. The highest BCUT2D eigenvalue weighted by atomic mass is 16.2. The molecule has 2 bridgehead atoms. The summed E-state index contributed by atoms with van der Waals surface area (Å²) >= 11 is 0. The quantitative estimate of drug-likeness (QED) is 0.487. The SMILES string of the molecule is CC1CN2CCC1(C)C2=O. The second kappa shape index (κ2) is 1.55. The lowest BCUT2D eigenvalue weighted by atomic mass is 9.78. The lowest BCUT2D eigenvalue weighted by Gasteiger charge is -2.24. The van der Waals surface area contributed by atoms with Gasteiger partial charge in [0.2, 0.25) is 5.91 Å². The van der Waals surface area contributed by atoms with Crippen LogP contribution in [-0.4, -0.2) is 23.9 Å². The van der Waals surface area contributed by atoms with Crippen LogP contribution in [0.4, 0.5) is 0 Å². The summed E-state index contributed by atoms with van der Waals surface area (Å²) in [6, 6.07) is 0. The Bertz CT molecular complexity index is 190. The number of amides is 1. The summed E-state index contributed by atoms with van der Waals surface area (Å²) < 4.78 is 0. The van der Waals surface area contributed by atoms with Crippen molar-refractivity contribution in [2.45, 2.75) is 20.3 Å². The van der Waals surface area contributed by atoms with E-state index in [0.29, 0.717) is 11.8 Å². The van der Waals surface area contributed by atoms with Gasteiger partial charge in [0.1, 0.15) is 0 Å². The number of carbonyl (C=O) groups excluding carboxylic acids is 1. The molecule has 2 aliphatic heterocycles. The molecule has 2 fully saturated rings. The summed E-state index contributed by atoms with van der Waals surface area (Å²) in [5, 5.41) is 0. The Balaban J connectivity index is 2.38. The van der Waals surface area contributed by atoms with E-state index in [9.17, 15) is 4.79 Å². The maximum absolute atomic E-state index is 11.4. The summed E-state index contributed by atoms with van der Waals surface area (Å²) in [7, 11) is 0. The molecule has 0 aromatic heterocycles. The first-order chi connectivity index (χ1) is 4.64. The van der Waals surface area contributed by atoms with E-state index in [2.05, 4.69) is 13.8 Å². The van der Waals surface area contributed by atoms with Gasteiger partial charge in [-0.3, -0.25) is 4.79 Å². The predicted molar refractivity (Wildman–Crippen MR) is 38.5 cm³/mol. The van der Waals surface area contributed by atoms with Crippen LogP contribution in [-0.2, 0) is 4.79 Å². The number of carbonyl (C=O) groups is 1. The molecular formula is C8H13NO. The zero-order valence-corrected chi connectivity index (χ0v) is 6.55. The highest BCUT2D eigenvalue weighted by molar-refractivity contribution is 5.86. The molecular weight excluding hydrogens is 126 g/mol. The lowest BCUT2D eigenvalue weighted by Crippen LogP contribution is -2.26. The Morgan fingerprint density at radius 3 is 2.60 bits per heavy atom. The molecule has 0 N–H and O–H groups in total. The molecule has 2 heterocycles. The van der Waals surface area contributed by atoms with Gasteiger partial charge < -0.3 is 4.90 Å². The Labute approximate surface area is 61.2 Å². The maximum Gasteiger partial charge on any atom is 0.228 e. The van der Waals surface area contributed by atoms with Crippen LogP contribution in [0.15, 0.2) is 0 Å². The van der Waals surface area contributed by atoms with Crippen LogP contribution in [0.1, 0.15) is 20.3 Å². The van der Waals surface area contributed by atoms with Gasteiger partial charge in [-0.15, -0.1) is 0 Å². The van der Waals surface area contributed by atoms with Gasteiger partial charge in [-0.05, 0) is 12.3 Å². The van der Waals surface area contributed by atoms with E-state index >= 15 is 0 Å². The molecule has 0 saturated carbocycles. The third kappa shape index (κ3) is 0.482. The van der Waals surface area contributed by atoms with E-state index < -0.39 is 0 Å². The van der Waals surface area contributed by atoms with Crippen LogP contribution in [0.25, 0.3) is 0 Å². The number of rotatable bonds is 0. The Morgan fingerprint density at radius 2 is 2.40 bits per heavy atom. The summed E-state index contributed by atoms with van der Waals surface area (Å²) in [5.41, 5.74) is 0.0139. The Kier molecular flexibility index (Phi) is 0.960. The van der Waals surface area contributed by atoms with Gasteiger partial charge in [0, 0.05) is 13.1 Å². The highest BCUT2D eigenvalue weighted by Gasteiger charge is 2.52. The second-order valence-corrected chi connectivity index (χ2v) is 3.82. The smallest absolute Gasteiger partial charge is 0.228 e. The lowest BCUT2D eigenvalue weighted by molar-refractivity contribution is -0.131. The van der Waals surface area contributed by atoms with Crippen LogP contribution in [0.5, 0.6) is 0 Å². The van der Waals surface area contributed by atoms with Gasteiger partial charge in [0.15, 0.2) is 0 Å². The molecule has 2 nitrogen and oxygen atoms in total. The number of fused-ring (bicyclic) bond motifs is 2. The van der Waals surface area contributed by atoms with E-state index in [1.165, 1.54) is 0 Å². The van der Waals surface area contributed by atoms with E-state index in [4.69, 9.17) is 0 Å². The van der Waals surface area contributed by atoms with Gasteiger partial charge in [0.25, 0.3) is 0 Å². The van der Waals surface area contributed by atoms with Crippen LogP contribution in [0.3, 0.4) is 0 Å². The summed E-state index contributed by atoms with van der Waals surface area (Å²) in [4.78, 5) is 13.4. The Morgan fingerprint density at radius 1 is 1.70 bits per heavy atom. The molecule has 2 unspecified atom stereocenters. The van der Waals surface area contributed by atoms with Gasteiger partial charge in [-0.1, -0.05) is 13.8 Å². The molecule has 2 heteroatoms. The summed E-state index contributed by atoms with van der Waals surface area (Å²) in [6.45, 7) is 6.28. The average molecular weight is 139 g/mol. The second-order valence-electron chi connectivity index (χ2n) is 3.82. The zero-order valence-electron chi connectivity index (χ0n) is 6.55. The van der Waals surface area contributed by atoms with E-state index in [0.717, 1.165) is 19.5 Å². The van der Waals surface area contributed by atoms with E-state index in [-0.39, 0.29) is 5.41 Å². The van der Waals surface area contributed by atoms with Gasteiger partial charge in [0.05, 0.1) is 5.41 Å². The number of piperidine rings is 1. The summed E-state index contributed by atoms with van der Waals surface area (Å²) in [6.07, 6.45) is 1.08. The maximum atomic E-state index is 11.4. The molecule has 56 valence electrons. The molecule has 2 aliphatic rings. The fourth-order valence-electron chi connectivity index (χ4n) is 2.10. The molecule has 0 radical (unpaired) electrons. The first-order valence-corrected chi connectivity index (χ1v) is 3.94. The van der Waals surface area contributed by atoms with Crippen molar-refractivity contribution in [3.8, 4) is 0 Å². The third-order valence-corrected chi connectivity index (χ3v) is 3.26. The van der Waals surface area contributed by atoms with E-state index in [1.54, 1.807) is 0 Å². The molecule has 2 atom stereocenters. The molecule has 0 aromatic rings. The molecule has 2 saturated heterocycles. The van der Waals surface area contributed by atoms with Crippen molar-refractivity contribution in [1.82, 2.24) is 4.90 Å². The number of hydrogen-bond donors (Lipinski definition) is 0. The minimum absolute atomic E-state index is 0.0139. The van der Waals surface area contributed by atoms with Crippen LogP contribution < -0.4 is 0 Å². The monoisotopic (exact) mass is 139 g/mol. The van der Waals surface area contributed by atoms with Crippen molar-refractivity contribution in [2.75, 3.05) is 13.1 Å². The molecule has 10 heavy (non-hydrogen) atoms. The fraction of sp³-hybridized carbons (Fsp3) is 0.875. The molecule has 1 amide bonds. The Hall–Kier alpha value is -0.530. The van der Waals surface area contributed by atoms with Gasteiger partial charge in [-0.25, -0.2) is 0 Å². The topological polar surface area (TPSA) is 20.3 Å². The van der Waals surface area contributed by atoms with Gasteiger partial charge in [-0.2, -0.15) is 0 Å². The summed E-state index contributed by atoms with van der Waals surface area (Å²) in [5.74, 6) is 0.966. The van der Waals surface area contributed by atoms with Crippen molar-refractivity contribution < 1.29 is 4.79 Å². The average Bonchev–Trinajstić information content (AvgIpc) is 2.25. The zero-order chi connectivity index (χ0) is 7.35. The number of nitrogens with zero attached hydrogens (tertiary/aromatic N) is 1. The first-order valence-electron chi connectivity index (χ1n) is 3.94. The van der Waals surface area contributed by atoms with Crippen molar-refractivity contribution in [3.63, 3.8) is 0 Å². The molecule has 0 aromatic carbocycles. The fourth-order valence-corrected chi connectivity index (χ4v) is 2.10. The van der Waals surface area contributed by atoms with Crippen LogP contribution in [0, 0.1) is 11.3 Å². The van der Waals surface area contributed by atoms with Crippen molar-refractivity contribution >= 4 is 5.91 Å². The minimum Gasteiger partial charge on any atom is -0.342 e. The molecule has 0 spiro atoms. The first kappa shape index (κ1) is 6.20. The van der Waals surface area contributed by atoms with Crippen molar-refractivity contribution in [1.29, 1.82) is 0 Å². The van der Waals surface area contributed by atoms with E-state index in [1.807, 2.05) is 4.90 Å². The van der Waals surface area contributed by atoms with Crippen LogP contribution >= 0.6 is 0 Å².